The predicted molar refractivity (Wildman–Crippen MR) is 56.0 cm³/mol. The molecule has 1 saturated carbocycles. The third-order valence-electron chi connectivity index (χ3n) is 3.53. The van der Waals surface area contributed by atoms with Crippen LogP contribution in [0.15, 0.2) is 0 Å². The smallest absolute Gasteiger partial charge is 0.323 e. The van der Waals surface area contributed by atoms with Crippen LogP contribution in [0.3, 0.4) is 0 Å². The highest BCUT2D eigenvalue weighted by Crippen LogP contribution is 2.40. The highest BCUT2D eigenvalue weighted by Gasteiger charge is 2.40. The number of hydrogen-bond acceptors (Lipinski definition) is 2. The molecule has 0 atom stereocenters. The van der Waals surface area contributed by atoms with E-state index in [1.165, 1.54) is 0 Å². The fraction of sp³-hybridized carbons (Fsp3) is 0.909. The molecule has 0 radical (unpaired) electrons. The first-order chi connectivity index (χ1) is 6.26. The summed E-state index contributed by atoms with van der Waals surface area (Å²) in [4.78, 5) is 10.9. The van der Waals surface area contributed by atoms with Crippen LogP contribution in [0.4, 0.5) is 0 Å². The van der Waals surface area contributed by atoms with Gasteiger partial charge < -0.3 is 10.8 Å². The Morgan fingerprint density at radius 3 is 2.07 bits per heavy atom. The highest BCUT2D eigenvalue weighted by atomic mass is 16.4. The Balaban J connectivity index is 2.59. The zero-order valence-corrected chi connectivity index (χ0v) is 9.34. The van der Waals surface area contributed by atoms with Crippen molar-refractivity contribution < 1.29 is 9.90 Å². The summed E-state index contributed by atoms with van der Waals surface area (Å²) in [6.45, 7) is 6.63. The van der Waals surface area contributed by atoms with E-state index < -0.39 is 11.5 Å². The number of nitrogens with two attached hydrogens (primary N) is 1. The lowest BCUT2D eigenvalue weighted by atomic mass is 9.67. The molecular weight excluding hydrogens is 178 g/mol. The lowest BCUT2D eigenvalue weighted by Gasteiger charge is -2.39. The Kier molecular flexibility index (Phi) is 2.91. The SMILES string of the molecule is CC(C)(C)C1CCC(N)(C(=O)O)CC1. The first kappa shape index (κ1) is 11.5. The Morgan fingerprint density at radius 1 is 1.36 bits per heavy atom. The van der Waals surface area contributed by atoms with Gasteiger partial charge in [0.25, 0.3) is 0 Å². The molecule has 3 nitrogen and oxygen atoms in total. The molecule has 0 heterocycles. The van der Waals surface area contributed by atoms with Crippen molar-refractivity contribution in [2.45, 2.75) is 52.0 Å². The van der Waals surface area contributed by atoms with E-state index in [1.807, 2.05) is 0 Å². The molecule has 0 bridgehead atoms. The van der Waals surface area contributed by atoms with Crippen LogP contribution in [0.5, 0.6) is 0 Å². The average Bonchev–Trinajstić information content (AvgIpc) is 2.03. The van der Waals surface area contributed by atoms with Gasteiger partial charge >= 0.3 is 5.97 Å². The lowest BCUT2D eigenvalue weighted by molar-refractivity contribution is -0.145. The molecule has 0 aliphatic heterocycles. The topological polar surface area (TPSA) is 63.3 Å². The number of rotatable bonds is 1. The van der Waals surface area contributed by atoms with Gasteiger partial charge in [-0.05, 0) is 37.0 Å². The van der Waals surface area contributed by atoms with E-state index in [1.54, 1.807) is 0 Å². The van der Waals surface area contributed by atoms with Gasteiger partial charge in [-0.2, -0.15) is 0 Å². The van der Waals surface area contributed by atoms with E-state index >= 15 is 0 Å². The van der Waals surface area contributed by atoms with Gasteiger partial charge in [-0.15, -0.1) is 0 Å². The Morgan fingerprint density at radius 2 is 1.79 bits per heavy atom. The second-order valence-electron chi connectivity index (χ2n) is 5.60. The van der Waals surface area contributed by atoms with Crippen LogP contribution in [0.2, 0.25) is 0 Å². The molecule has 3 heteroatoms. The summed E-state index contributed by atoms with van der Waals surface area (Å²) in [5, 5.41) is 8.96. The van der Waals surface area contributed by atoms with Gasteiger partial charge in [0.2, 0.25) is 0 Å². The van der Waals surface area contributed by atoms with Gasteiger partial charge in [-0.3, -0.25) is 4.79 Å². The van der Waals surface area contributed by atoms with Gasteiger partial charge in [0.15, 0.2) is 0 Å². The van der Waals surface area contributed by atoms with E-state index in [9.17, 15) is 4.79 Å². The summed E-state index contributed by atoms with van der Waals surface area (Å²) in [7, 11) is 0. The molecular formula is C11H21NO2. The fourth-order valence-electron chi connectivity index (χ4n) is 2.21. The normalized spacial score (nSPS) is 34.1. The summed E-state index contributed by atoms with van der Waals surface area (Å²) in [6.07, 6.45) is 3.10. The van der Waals surface area contributed by atoms with Crippen molar-refractivity contribution in [1.82, 2.24) is 0 Å². The first-order valence-corrected chi connectivity index (χ1v) is 5.28. The van der Waals surface area contributed by atoms with Crippen LogP contribution in [-0.4, -0.2) is 16.6 Å². The van der Waals surface area contributed by atoms with Crippen LogP contribution in [-0.2, 0) is 4.79 Å². The van der Waals surface area contributed by atoms with Gasteiger partial charge in [0.1, 0.15) is 5.54 Å². The summed E-state index contributed by atoms with van der Waals surface area (Å²) >= 11 is 0. The van der Waals surface area contributed by atoms with Gasteiger partial charge in [0, 0.05) is 0 Å². The molecule has 0 unspecified atom stereocenters. The molecule has 1 aliphatic carbocycles. The molecule has 82 valence electrons. The van der Waals surface area contributed by atoms with E-state index in [0.29, 0.717) is 18.8 Å². The quantitative estimate of drug-likeness (QED) is 0.679. The van der Waals surface area contributed by atoms with Crippen LogP contribution in [0.1, 0.15) is 46.5 Å². The maximum atomic E-state index is 10.9. The van der Waals surface area contributed by atoms with Crippen molar-refractivity contribution >= 4 is 5.97 Å². The Bertz CT molecular complexity index is 222. The van der Waals surface area contributed by atoms with E-state index in [-0.39, 0.29) is 5.41 Å². The predicted octanol–water partition coefficient (Wildman–Crippen LogP) is 2.00. The minimum atomic E-state index is -0.957. The molecule has 1 rings (SSSR count). The van der Waals surface area contributed by atoms with Crippen molar-refractivity contribution in [2.24, 2.45) is 17.1 Å². The summed E-state index contributed by atoms with van der Waals surface area (Å²) in [5.74, 6) is -0.233. The standard InChI is InChI=1S/C11H21NO2/c1-10(2,3)8-4-6-11(12,7-5-8)9(13)14/h8H,4-7,12H2,1-3H3,(H,13,14). The van der Waals surface area contributed by atoms with E-state index in [4.69, 9.17) is 10.8 Å². The molecule has 0 aromatic heterocycles. The van der Waals surface area contributed by atoms with Gasteiger partial charge in [-0.1, -0.05) is 20.8 Å². The maximum Gasteiger partial charge on any atom is 0.323 e. The largest absolute Gasteiger partial charge is 0.480 e. The van der Waals surface area contributed by atoms with Crippen molar-refractivity contribution in [2.75, 3.05) is 0 Å². The summed E-state index contributed by atoms with van der Waals surface area (Å²) < 4.78 is 0. The molecule has 14 heavy (non-hydrogen) atoms. The second kappa shape index (κ2) is 3.54. The van der Waals surface area contributed by atoms with Crippen molar-refractivity contribution in [3.8, 4) is 0 Å². The average molecular weight is 199 g/mol. The number of carbonyl (C=O) groups is 1. The third-order valence-corrected chi connectivity index (χ3v) is 3.53. The maximum absolute atomic E-state index is 10.9. The fourth-order valence-corrected chi connectivity index (χ4v) is 2.21. The van der Waals surface area contributed by atoms with Crippen LogP contribution in [0.25, 0.3) is 0 Å². The van der Waals surface area contributed by atoms with Crippen LogP contribution < -0.4 is 5.73 Å². The monoisotopic (exact) mass is 199 g/mol. The molecule has 0 aromatic carbocycles. The summed E-state index contributed by atoms with van der Waals surface area (Å²) in [6, 6.07) is 0. The van der Waals surface area contributed by atoms with E-state index in [2.05, 4.69) is 20.8 Å². The van der Waals surface area contributed by atoms with Crippen molar-refractivity contribution in [1.29, 1.82) is 0 Å². The van der Waals surface area contributed by atoms with Crippen LogP contribution >= 0.6 is 0 Å². The van der Waals surface area contributed by atoms with Gasteiger partial charge in [-0.25, -0.2) is 0 Å². The van der Waals surface area contributed by atoms with E-state index in [0.717, 1.165) is 12.8 Å². The molecule has 3 N–H and O–H groups in total. The van der Waals surface area contributed by atoms with Crippen molar-refractivity contribution in [3.05, 3.63) is 0 Å². The third kappa shape index (κ3) is 2.27. The molecule has 0 aromatic rings. The number of carboxylic acids is 1. The minimum Gasteiger partial charge on any atom is -0.480 e. The van der Waals surface area contributed by atoms with Crippen molar-refractivity contribution in [3.63, 3.8) is 0 Å². The molecule has 1 fully saturated rings. The number of aliphatic carboxylic acids is 1. The molecule has 1 aliphatic rings. The second-order valence-corrected chi connectivity index (χ2v) is 5.60. The Hall–Kier alpha value is -0.570. The zero-order valence-electron chi connectivity index (χ0n) is 9.34. The molecule has 0 spiro atoms. The highest BCUT2D eigenvalue weighted by molar-refractivity contribution is 5.78. The number of hydrogen-bond donors (Lipinski definition) is 2. The molecule has 0 saturated heterocycles. The van der Waals surface area contributed by atoms with Crippen LogP contribution in [0, 0.1) is 11.3 Å². The molecule has 0 amide bonds. The zero-order chi connectivity index (χ0) is 11.0. The minimum absolute atomic E-state index is 0.278. The lowest BCUT2D eigenvalue weighted by Crippen LogP contribution is -2.51. The summed E-state index contributed by atoms with van der Waals surface area (Å²) in [5.41, 5.74) is 5.13. The number of carboxylic acid groups (broad SMARTS) is 1. The first-order valence-electron chi connectivity index (χ1n) is 5.28. The Labute approximate surface area is 85.7 Å². The van der Waals surface area contributed by atoms with Gasteiger partial charge in [0.05, 0.1) is 0 Å².